The minimum Gasteiger partial charge on any atom is -0.273 e. The van der Waals surface area contributed by atoms with E-state index in [1.54, 1.807) is 24.3 Å². The van der Waals surface area contributed by atoms with Crippen LogP contribution in [0, 0.1) is 17.2 Å². The zero-order valence-electron chi connectivity index (χ0n) is 10.5. The Morgan fingerprint density at radius 2 is 2.33 bits per heavy atom. The van der Waals surface area contributed by atoms with Crippen LogP contribution in [0.2, 0.25) is 0 Å². The molecule has 0 spiro atoms. The molecule has 4 nitrogen and oxygen atoms in total. The molecule has 0 aliphatic heterocycles. The van der Waals surface area contributed by atoms with Gasteiger partial charge in [0, 0.05) is 6.08 Å². The average Bonchev–Trinajstić information content (AvgIpc) is 2.36. The van der Waals surface area contributed by atoms with E-state index in [4.69, 9.17) is 10.1 Å². The molecule has 18 heavy (non-hydrogen) atoms. The summed E-state index contributed by atoms with van der Waals surface area (Å²) in [6, 6.07) is 9.05. The van der Waals surface area contributed by atoms with E-state index in [0.29, 0.717) is 18.1 Å². The fourth-order valence-corrected chi connectivity index (χ4v) is 1.20. The zero-order chi connectivity index (χ0) is 13.4. The van der Waals surface area contributed by atoms with Crippen LogP contribution >= 0.6 is 0 Å². The molecule has 0 aliphatic carbocycles. The van der Waals surface area contributed by atoms with Crippen molar-refractivity contribution in [2.75, 3.05) is 6.61 Å². The average molecular weight is 244 g/mol. The van der Waals surface area contributed by atoms with Crippen molar-refractivity contribution in [3.8, 4) is 6.07 Å². The monoisotopic (exact) mass is 244 g/mol. The van der Waals surface area contributed by atoms with Crippen molar-refractivity contribution in [2.45, 2.75) is 13.8 Å². The molecule has 94 valence electrons. The Morgan fingerprint density at radius 1 is 1.56 bits per heavy atom. The number of hydroxylamine groups is 1. The van der Waals surface area contributed by atoms with Gasteiger partial charge in [0.25, 0.3) is 5.91 Å². The molecular weight excluding hydrogens is 228 g/mol. The van der Waals surface area contributed by atoms with Crippen LogP contribution in [0.15, 0.2) is 30.3 Å². The predicted octanol–water partition coefficient (Wildman–Crippen LogP) is 2.28. The summed E-state index contributed by atoms with van der Waals surface area (Å²) in [5.74, 6) is 0.0413. The molecule has 0 bridgehead atoms. The molecule has 1 aromatic carbocycles. The molecule has 0 radical (unpaired) electrons. The van der Waals surface area contributed by atoms with Crippen LogP contribution in [-0.2, 0) is 9.63 Å². The highest BCUT2D eigenvalue weighted by molar-refractivity contribution is 5.90. The smallest absolute Gasteiger partial charge is 0.267 e. The fourth-order valence-electron chi connectivity index (χ4n) is 1.20. The first-order chi connectivity index (χ1) is 8.61. The van der Waals surface area contributed by atoms with Crippen molar-refractivity contribution in [1.29, 1.82) is 5.26 Å². The zero-order valence-corrected chi connectivity index (χ0v) is 10.5. The quantitative estimate of drug-likeness (QED) is 0.638. The summed E-state index contributed by atoms with van der Waals surface area (Å²) in [5, 5.41) is 8.73. The van der Waals surface area contributed by atoms with E-state index in [9.17, 15) is 4.79 Å². The maximum Gasteiger partial charge on any atom is 0.267 e. The second-order valence-electron chi connectivity index (χ2n) is 4.24. The number of nitrogens with one attached hydrogen (secondary N) is 1. The summed E-state index contributed by atoms with van der Waals surface area (Å²) in [4.78, 5) is 16.4. The summed E-state index contributed by atoms with van der Waals surface area (Å²) in [6.07, 6.45) is 3.01. The highest BCUT2D eigenvalue weighted by Crippen LogP contribution is 2.05. The maximum atomic E-state index is 11.4. The third-order valence-corrected chi connectivity index (χ3v) is 2.03. The molecule has 0 unspecified atom stereocenters. The lowest BCUT2D eigenvalue weighted by Crippen LogP contribution is -2.23. The molecule has 1 aromatic rings. The Bertz CT molecular complexity index is 473. The van der Waals surface area contributed by atoms with Gasteiger partial charge in [0.1, 0.15) is 0 Å². The van der Waals surface area contributed by atoms with Crippen LogP contribution in [0.25, 0.3) is 6.08 Å². The normalized spacial score (nSPS) is 10.6. The molecule has 0 atom stereocenters. The molecule has 4 heteroatoms. The molecule has 0 saturated carbocycles. The van der Waals surface area contributed by atoms with Crippen LogP contribution < -0.4 is 5.48 Å². The highest BCUT2D eigenvalue weighted by atomic mass is 16.6. The van der Waals surface area contributed by atoms with E-state index in [1.165, 1.54) is 6.08 Å². The first-order valence-electron chi connectivity index (χ1n) is 5.72. The first-order valence-corrected chi connectivity index (χ1v) is 5.72. The largest absolute Gasteiger partial charge is 0.273 e. The van der Waals surface area contributed by atoms with E-state index >= 15 is 0 Å². The summed E-state index contributed by atoms with van der Waals surface area (Å²) in [6.45, 7) is 4.47. The Kier molecular flexibility index (Phi) is 5.62. The molecule has 0 aliphatic rings. The van der Waals surface area contributed by atoms with Gasteiger partial charge < -0.3 is 0 Å². The number of benzene rings is 1. The number of hydrogen-bond acceptors (Lipinski definition) is 3. The Labute approximate surface area is 107 Å². The van der Waals surface area contributed by atoms with E-state index in [0.717, 1.165) is 5.56 Å². The van der Waals surface area contributed by atoms with Crippen molar-refractivity contribution in [1.82, 2.24) is 5.48 Å². The van der Waals surface area contributed by atoms with E-state index in [-0.39, 0.29) is 5.91 Å². The number of rotatable bonds is 5. The van der Waals surface area contributed by atoms with Gasteiger partial charge in [-0.05, 0) is 29.7 Å². The van der Waals surface area contributed by atoms with Crippen molar-refractivity contribution >= 4 is 12.0 Å². The van der Waals surface area contributed by atoms with Gasteiger partial charge in [-0.3, -0.25) is 9.63 Å². The van der Waals surface area contributed by atoms with Gasteiger partial charge in [-0.2, -0.15) is 5.26 Å². The topological polar surface area (TPSA) is 62.1 Å². The fraction of sp³-hybridized carbons (Fsp3) is 0.286. The summed E-state index contributed by atoms with van der Waals surface area (Å²) in [5.41, 5.74) is 3.68. The van der Waals surface area contributed by atoms with Crippen molar-refractivity contribution in [2.24, 2.45) is 5.92 Å². The second kappa shape index (κ2) is 7.25. The number of nitrogens with zero attached hydrogens (tertiary/aromatic N) is 1. The third kappa shape index (κ3) is 5.28. The molecule has 0 aromatic heterocycles. The molecule has 1 rings (SSSR count). The second-order valence-corrected chi connectivity index (χ2v) is 4.24. The summed E-state index contributed by atoms with van der Waals surface area (Å²) in [7, 11) is 0. The standard InChI is InChI=1S/C14H16N2O2/c1-11(2)10-18-16-14(17)7-6-12-4-3-5-13(8-12)9-15/h3-8,11H,10H2,1-2H3,(H,16,17)/b7-6+. The van der Waals surface area contributed by atoms with Gasteiger partial charge in [0.2, 0.25) is 0 Å². The number of amides is 1. The minimum absolute atomic E-state index is 0.321. The van der Waals surface area contributed by atoms with Crippen LogP contribution in [-0.4, -0.2) is 12.5 Å². The Balaban J connectivity index is 2.48. The van der Waals surface area contributed by atoms with Crippen LogP contribution in [0.3, 0.4) is 0 Å². The van der Waals surface area contributed by atoms with Crippen molar-refractivity contribution in [3.63, 3.8) is 0 Å². The number of carbonyl (C=O) groups is 1. The lowest BCUT2D eigenvalue weighted by atomic mass is 10.1. The lowest BCUT2D eigenvalue weighted by molar-refractivity contribution is -0.129. The Hall–Kier alpha value is -2.12. The molecule has 0 saturated heterocycles. The van der Waals surface area contributed by atoms with Gasteiger partial charge in [-0.25, -0.2) is 5.48 Å². The van der Waals surface area contributed by atoms with Gasteiger partial charge in [0.05, 0.1) is 18.2 Å². The molecule has 1 amide bonds. The minimum atomic E-state index is -0.321. The highest BCUT2D eigenvalue weighted by Gasteiger charge is 1.97. The van der Waals surface area contributed by atoms with Gasteiger partial charge in [-0.1, -0.05) is 26.0 Å². The van der Waals surface area contributed by atoms with Crippen molar-refractivity contribution < 1.29 is 9.63 Å². The van der Waals surface area contributed by atoms with Crippen LogP contribution in [0.4, 0.5) is 0 Å². The molecule has 1 N–H and O–H groups in total. The van der Waals surface area contributed by atoms with Gasteiger partial charge in [0.15, 0.2) is 0 Å². The number of nitriles is 1. The number of carbonyl (C=O) groups excluding carboxylic acids is 1. The van der Waals surface area contributed by atoms with Crippen LogP contribution in [0.1, 0.15) is 25.0 Å². The molecular formula is C14H16N2O2. The third-order valence-electron chi connectivity index (χ3n) is 2.03. The summed E-state index contributed by atoms with van der Waals surface area (Å²) < 4.78 is 0. The van der Waals surface area contributed by atoms with Crippen LogP contribution in [0.5, 0.6) is 0 Å². The lowest BCUT2D eigenvalue weighted by Gasteiger charge is -2.05. The first kappa shape index (κ1) is 13.9. The van der Waals surface area contributed by atoms with Crippen molar-refractivity contribution in [3.05, 3.63) is 41.5 Å². The Morgan fingerprint density at radius 3 is 3.00 bits per heavy atom. The summed E-state index contributed by atoms with van der Waals surface area (Å²) >= 11 is 0. The predicted molar refractivity (Wildman–Crippen MR) is 69.1 cm³/mol. The van der Waals surface area contributed by atoms with Gasteiger partial charge in [-0.15, -0.1) is 0 Å². The van der Waals surface area contributed by atoms with E-state index in [1.807, 2.05) is 26.0 Å². The maximum absolute atomic E-state index is 11.4. The molecule has 0 fully saturated rings. The van der Waals surface area contributed by atoms with E-state index in [2.05, 4.69) is 5.48 Å². The number of hydrogen-bond donors (Lipinski definition) is 1. The SMILES string of the molecule is CC(C)CONC(=O)/C=C/c1cccc(C#N)c1. The van der Waals surface area contributed by atoms with Gasteiger partial charge >= 0.3 is 0 Å². The van der Waals surface area contributed by atoms with E-state index < -0.39 is 0 Å². The molecule has 0 heterocycles.